The minimum atomic E-state index is 0.407. The minimum Gasteiger partial charge on any atom is -0.493 e. The number of aromatic nitrogens is 2. The molecule has 0 radical (unpaired) electrons. The van der Waals surface area contributed by atoms with Crippen LogP contribution >= 0.6 is 0 Å². The number of piperazine rings is 1. The van der Waals surface area contributed by atoms with Gasteiger partial charge in [-0.1, -0.05) is 0 Å². The van der Waals surface area contributed by atoms with Gasteiger partial charge in [-0.2, -0.15) is 5.26 Å². The van der Waals surface area contributed by atoms with Crippen molar-refractivity contribution < 1.29 is 9.47 Å². The van der Waals surface area contributed by atoms with Crippen molar-refractivity contribution in [2.24, 2.45) is 0 Å². The summed E-state index contributed by atoms with van der Waals surface area (Å²) in [6.45, 7) is 5.36. The third-order valence-electron chi connectivity index (χ3n) is 6.98. The summed E-state index contributed by atoms with van der Waals surface area (Å²) in [5.41, 5.74) is 2.73. The molecule has 3 aromatic rings. The first kappa shape index (κ1) is 23.2. The van der Waals surface area contributed by atoms with E-state index in [4.69, 9.17) is 14.7 Å². The summed E-state index contributed by atoms with van der Waals surface area (Å²) in [4.78, 5) is 13.8. The zero-order valence-electron chi connectivity index (χ0n) is 20.2. The molecule has 0 spiro atoms. The summed E-state index contributed by atoms with van der Waals surface area (Å²) < 4.78 is 12.0. The Morgan fingerprint density at radius 3 is 2.66 bits per heavy atom. The highest BCUT2D eigenvalue weighted by atomic mass is 16.5. The fraction of sp³-hybridized carbons (Fsp3) is 0.444. The van der Waals surface area contributed by atoms with Crippen LogP contribution in [-0.2, 0) is 0 Å². The zero-order valence-corrected chi connectivity index (χ0v) is 20.2. The molecule has 1 aromatic heterocycles. The normalized spacial score (nSPS) is 18.3. The molecule has 182 valence electrons. The summed E-state index contributed by atoms with van der Waals surface area (Å²) in [6, 6.07) is 14.5. The largest absolute Gasteiger partial charge is 0.493 e. The monoisotopic (exact) mass is 472 g/mol. The molecule has 8 heteroatoms. The second-order valence-electron chi connectivity index (χ2n) is 9.09. The molecule has 2 aromatic carbocycles. The number of hydrogen-bond acceptors (Lipinski definition) is 8. The molecule has 35 heavy (non-hydrogen) atoms. The molecule has 0 bridgehead atoms. The number of anilines is 2. The molecular formula is C27H32N6O2. The second-order valence-corrected chi connectivity index (χ2v) is 9.09. The topological polar surface area (TPSA) is 86.5 Å². The number of piperidine rings is 1. The lowest BCUT2D eigenvalue weighted by Gasteiger charge is -2.37. The van der Waals surface area contributed by atoms with Gasteiger partial charge in [0.15, 0.2) is 11.5 Å². The highest BCUT2D eigenvalue weighted by Gasteiger charge is 2.23. The Balaban J connectivity index is 1.30. The molecule has 2 aliphatic heterocycles. The number of nitrogens with one attached hydrogen (secondary N) is 1. The Morgan fingerprint density at radius 2 is 1.89 bits per heavy atom. The summed E-state index contributed by atoms with van der Waals surface area (Å²) in [5.74, 6) is 2.36. The van der Waals surface area contributed by atoms with Crippen LogP contribution in [0.3, 0.4) is 0 Å². The minimum absolute atomic E-state index is 0.407. The van der Waals surface area contributed by atoms with Crippen LogP contribution in [0.4, 0.5) is 11.5 Å². The number of fused-ring (bicyclic) bond motifs is 1. The van der Waals surface area contributed by atoms with Crippen LogP contribution in [0.2, 0.25) is 0 Å². The molecule has 0 saturated carbocycles. The van der Waals surface area contributed by atoms with E-state index >= 15 is 0 Å². The Hall–Kier alpha value is -3.57. The maximum atomic E-state index is 9.10. The molecule has 1 N–H and O–H groups in total. The summed E-state index contributed by atoms with van der Waals surface area (Å²) in [6.07, 6.45) is 6.09. The number of nitrogens with zero attached hydrogens (tertiary/aromatic N) is 5. The molecule has 2 aliphatic rings. The van der Waals surface area contributed by atoms with Gasteiger partial charge in [-0.05, 0) is 49.6 Å². The van der Waals surface area contributed by atoms with Crippen LogP contribution < -0.4 is 24.6 Å². The van der Waals surface area contributed by atoms with E-state index in [2.05, 4.69) is 43.3 Å². The van der Waals surface area contributed by atoms with Crippen molar-refractivity contribution >= 4 is 22.4 Å². The van der Waals surface area contributed by atoms with Gasteiger partial charge >= 0.3 is 0 Å². The average molecular weight is 473 g/mol. The molecular weight excluding hydrogens is 440 g/mol. The quantitative estimate of drug-likeness (QED) is 0.557. The SMILES string of the molecule is COc1cc2c(N3CCNCC3)ncnc2cc1OCCC1CCCCN1c1ccc(C#N)cc1. The summed E-state index contributed by atoms with van der Waals surface area (Å²) in [7, 11) is 1.68. The Morgan fingerprint density at radius 1 is 1.06 bits per heavy atom. The third kappa shape index (κ3) is 5.10. The van der Waals surface area contributed by atoms with Gasteiger partial charge in [0.05, 0.1) is 30.9 Å². The molecule has 0 aliphatic carbocycles. The lowest BCUT2D eigenvalue weighted by molar-refractivity contribution is 0.268. The molecule has 5 rings (SSSR count). The predicted octanol–water partition coefficient (Wildman–Crippen LogP) is 3.75. The van der Waals surface area contributed by atoms with Crippen molar-refractivity contribution in [3.05, 3.63) is 48.3 Å². The van der Waals surface area contributed by atoms with E-state index in [1.807, 2.05) is 24.3 Å². The zero-order chi connectivity index (χ0) is 24.0. The number of ether oxygens (including phenoxy) is 2. The molecule has 0 amide bonds. The average Bonchev–Trinajstić information content (AvgIpc) is 2.93. The maximum absolute atomic E-state index is 9.10. The second kappa shape index (κ2) is 10.8. The van der Waals surface area contributed by atoms with Crippen LogP contribution in [-0.4, -0.2) is 62.5 Å². The van der Waals surface area contributed by atoms with E-state index in [1.165, 1.54) is 18.5 Å². The van der Waals surface area contributed by atoms with Gasteiger partial charge in [0, 0.05) is 62.3 Å². The maximum Gasteiger partial charge on any atom is 0.163 e. The fourth-order valence-electron chi connectivity index (χ4n) is 5.12. The van der Waals surface area contributed by atoms with Crippen LogP contribution in [0, 0.1) is 11.3 Å². The molecule has 1 unspecified atom stereocenters. The van der Waals surface area contributed by atoms with Gasteiger partial charge < -0.3 is 24.6 Å². The van der Waals surface area contributed by atoms with Gasteiger partial charge in [-0.3, -0.25) is 0 Å². The van der Waals surface area contributed by atoms with Gasteiger partial charge in [0.2, 0.25) is 0 Å². The van der Waals surface area contributed by atoms with E-state index in [0.717, 1.165) is 62.3 Å². The van der Waals surface area contributed by atoms with Crippen molar-refractivity contribution in [1.29, 1.82) is 5.26 Å². The Bertz CT molecular complexity index is 1190. The van der Waals surface area contributed by atoms with Crippen LogP contribution in [0.15, 0.2) is 42.7 Å². The molecule has 2 saturated heterocycles. The highest BCUT2D eigenvalue weighted by molar-refractivity contribution is 5.92. The standard InChI is InChI=1S/C27H32N6O2/c1-34-25-16-23-24(30-19-31-27(23)32-13-10-29-11-14-32)17-26(25)35-15-9-21-4-2-3-12-33(21)22-7-5-20(18-28)6-8-22/h5-8,16-17,19,21,29H,2-4,9-15H2,1H3. The molecule has 1 atom stereocenters. The van der Waals surface area contributed by atoms with Crippen molar-refractivity contribution in [3.8, 4) is 17.6 Å². The smallest absolute Gasteiger partial charge is 0.163 e. The molecule has 2 fully saturated rings. The fourth-order valence-corrected chi connectivity index (χ4v) is 5.12. The predicted molar refractivity (Wildman–Crippen MR) is 137 cm³/mol. The van der Waals surface area contributed by atoms with E-state index in [-0.39, 0.29) is 0 Å². The lowest BCUT2D eigenvalue weighted by atomic mass is 9.98. The van der Waals surface area contributed by atoms with Crippen LogP contribution in [0.1, 0.15) is 31.2 Å². The Kier molecular flexibility index (Phi) is 7.15. The number of rotatable bonds is 7. The van der Waals surface area contributed by atoms with Crippen LogP contribution in [0.5, 0.6) is 11.5 Å². The van der Waals surface area contributed by atoms with Gasteiger partial charge in [0.25, 0.3) is 0 Å². The van der Waals surface area contributed by atoms with Crippen molar-refractivity contribution in [3.63, 3.8) is 0 Å². The van der Waals surface area contributed by atoms with E-state index in [1.54, 1.807) is 13.4 Å². The van der Waals surface area contributed by atoms with Crippen molar-refractivity contribution in [2.45, 2.75) is 31.7 Å². The number of hydrogen-bond donors (Lipinski definition) is 1. The van der Waals surface area contributed by atoms with Crippen molar-refractivity contribution in [1.82, 2.24) is 15.3 Å². The van der Waals surface area contributed by atoms with E-state index < -0.39 is 0 Å². The van der Waals surface area contributed by atoms with E-state index in [0.29, 0.717) is 29.7 Å². The number of nitriles is 1. The first-order chi connectivity index (χ1) is 17.3. The van der Waals surface area contributed by atoms with Gasteiger partial charge in [-0.25, -0.2) is 9.97 Å². The lowest BCUT2D eigenvalue weighted by Crippen LogP contribution is -2.44. The number of benzene rings is 2. The summed E-state index contributed by atoms with van der Waals surface area (Å²) in [5, 5.41) is 13.5. The first-order valence-corrected chi connectivity index (χ1v) is 12.4. The number of methoxy groups -OCH3 is 1. The third-order valence-corrected chi connectivity index (χ3v) is 6.98. The summed E-state index contributed by atoms with van der Waals surface area (Å²) >= 11 is 0. The van der Waals surface area contributed by atoms with Crippen molar-refractivity contribution in [2.75, 3.05) is 56.2 Å². The highest BCUT2D eigenvalue weighted by Crippen LogP contribution is 2.35. The first-order valence-electron chi connectivity index (χ1n) is 12.4. The van der Waals surface area contributed by atoms with Crippen LogP contribution in [0.25, 0.3) is 10.9 Å². The van der Waals surface area contributed by atoms with Gasteiger partial charge in [0.1, 0.15) is 12.1 Å². The Labute approximate surface area is 206 Å². The molecule has 8 nitrogen and oxygen atoms in total. The van der Waals surface area contributed by atoms with E-state index in [9.17, 15) is 0 Å². The van der Waals surface area contributed by atoms with Gasteiger partial charge in [-0.15, -0.1) is 0 Å². The molecule has 3 heterocycles.